The zero-order valence-electron chi connectivity index (χ0n) is 30.3. The van der Waals surface area contributed by atoms with Crippen LogP contribution in [0.1, 0.15) is 92.0 Å². The number of hydrogen-bond acceptors (Lipinski definition) is 4. The van der Waals surface area contributed by atoms with E-state index in [0.29, 0.717) is 19.4 Å². The van der Waals surface area contributed by atoms with Crippen molar-refractivity contribution in [2.75, 3.05) is 33.9 Å². The number of rotatable bonds is 15. The zero-order valence-corrected chi connectivity index (χ0v) is 31.9. The van der Waals surface area contributed by atoms with Gasteiger partial charge in [0.05, 0.1) is 14.2 Å². The number of carbonyl (C=O) groups is 1. The molecule has 5 nitrogen and oxygen atoms in total. The molecule has 1 unspecified atom stereocenters. The predicted molar refractivity (Wildman–Crippen MR) is 212 cm³/mol. The topological polar surface area (TPSA) is 50.8 Å². The Morgan fingerprint density at radius 3 is 2.12 bits per heavy atom. The summed E-state index contributed by atoms with van der Waals surface area (Å²) in [6.45, 7) is 2.84. The summed E-state index contributed by atoms with van der Waals surface area (Å²) in [6, 6.07) is 34.4. The summed E-state index contributed by atoms with van der Waals surface area (Å²) in [5.74, 6) is 1.77. The maximum Gasteiger partial charge on any atom is 0.220 e. The number of nitrogens with one attached hydrogen (secondary N) is 1. The van der Waals surface area contributed by atoms with Gasteiger partial charge in [0, 0.05) is 28.9 Å². The van der Waals surface area contributed by atoms with Crippen molar-refractivity contribution >= 4 is 29.9 Å². The molecule has 0 saturated carbocycles. The fourth-order valence-corrected chi connectivity index (χ4v) is 8.97. The molecule has 4 aromatic carbocycles. The maximum atomic E-state index is 12.8. The van der Waals surface area contributed by atoms with Gasteiger partial charge in [-0.15, -0.1) is 12.4 Å². The Balaban J connectivity index is 0.00000504. The van der Waals surface area contributed by atoms with Crippen LogP contribution in [0.3, 0.4) is 0 Å². The summed E-state index contributed by atoms with van der Waals surface area (Å²) in [6.07, 6.45) is 12.3. The quantitative estimate of drug-likeness (QED) is 0.124. The Morgan fingerprint density at radius 2 is 1.45 bits per heavy atom. The Morgan fingerprint density at radius 1 is 0.824 bits per heavy atom. The second-order valence-electron chi connectivity index (χ2n) is 14.2. The molecule has 1 aliphatic heterocycles. The zero-order chi connectivity index (χ0) is 34.8. The van der Waals surface area contributed by atoms with E-state index in [0.717, 1.165) is 67.3 Å². The number of likely N-dealkylation sites (tertiary alicyclic amines) is 1. The number of hydrogen-bond donors (Lipinski definition) is 1. The number of carbonyl (C=O) groups excluding carboxylic acids is 1. The minimum atomic E-state index is -0.152. The van der Waals surface area contributed by atoms with Crippen LogP contribution in [-0.2, 0) is 28.6 Å². The Labute approximate surface area is 316 Å². The molecule has 1 atom stereocenters. The normalized spacial score (nSPS) is 17.3. The van der Waals surface area contributed by atoms with Crippen LogP contribution < -0.4 is 14.8 Å². The molecule has 1 heterocycles. The molecule has 1 aliphatic carbocycles. The molecular formula is C44H54Cl2N2O3. The van der Waals surface area contributed by atoms with Crippen molar-refractivity contribution in [3.05, 3.63) is 130 Å². The number of aryl methyl sites for hydroxylation is 2. The van der Waals surface area contributed by atoms with Crippen molar-refractivity contribution in [1.29, 1.82) is 0 Å². The summed E-state index contributed by atoms with van der Waals surface area (Å²) < 4.78 is 11.5. The van der Waals surface area contributed by atoms with Gasteiger partial charge in [0.25, 0.3) is 0 Å². The highest BCUT2D eigenvalue weighted by atomic mass is 35.5. The van der Waals surface area contributed by atoms with Gasteiger partial charge in [-0.3, -0.25) is 9.69 Å². The van der Waals surface area contributed by atoms with Crippen molar-refractivity contribution in [1.82, 2.24) is 10.2 Å². The molecule has 1 amide bonds. The number of halogens is 2. The summed E-state index contributed by atoms with van der Waals surface area (Å²) >= 11 is 6.04. The number of ether oxygens (including phenoxy) is 2. The Bertz CT molecular complexity index is 1640. The van der Waals surface area contributed by atoms with E-state index >= 15 is 0 Å². The average Bonchev–Trinajstić information content (AvgIpc) is 3.16. The smallest absolute Gasteiger partial charge is 0.220 e. The van der Waals surface area contributed by atoms with Gasteiger partial charge in [-0.05, 0) is 136 Å². The number of benzene rings is 4. The van der Waals surface area contributed by atoms with Crippen LogP contribution in [0, 0.1) is 0 Å². The van der Waals surface area contributed by atoms with Gasteiger partial charge in [0.1, 0.15) is 0 Å². The van der Waals surface area contributed by atoms with E-state index in [-0.39, 0.29) is 29.3 Å². The number of nitrogens with zero attached hydrogens (tertiary/aromatic N) is 1. The molecule has 1 saturated heterocycles. The van der Waals surface area contributed by atoms with Gasteiger partial charge in [0.2, 0.25) is 5.91 Å². The predicted octanol–water partition coefficient (Wildman–Crippen LogP) is 10.1. The van der Waals surface area contributed by atoms with Gasteiger partial charge in [-0.2, -0.15) is 0 Å². The minimum absolute atomic E-state index is 0. The molecule has 4 aromatic rings. The van der Waals surface area contributed by atoms with Gasteiger partial charge >= 0.3 is 0 Å². The first-order chi connectivity index (χ1) is 24.5. The van der Waals surface area contributed by atoms with E-state index in [1.165, 1.54) is 54.4 Å². The van der Waals surface area contributed by atoms with Gasteiger partial charge < -0.3 is 14.8 Å². The van der Waals surface area contributed by atoms with Gasteiger partial charge in [0.15, 0.2) is 11.5 Å². The van der Waals surface area contributed by atoms with Gasteiger partial charge in [-0.1, -0.05) is 84.4 Å². The van der Waals surface area contributed by atoms with E-state index in [2.05, 4.69) is 83.0 Å². The highest BCUT2D eigenvalue weighted by Gasteiger charge is 2.44. The van der Waals surface area contributed by atoms with E-state index in [1.54, 1.807) is 14.2 Å². The van der Waals surface area contributed by atoms with Gasteiger partial charge in [-0.25, -0.2) is 0 Å². The summed E-state index contributed by atoms with van der Waals surface area (Å²) in [4.78, 5) is 15.7. The molecule has 2 aliphatic rings. The van der Waals surface area contributed by atoms with Crippen molar-refractivity contribution in [3.8, 4) is 11.5 Å². The monoisotopic (exact) mass is 728 g/mol. The van der Waals surface area contributed by atoms with Crippen LogP contribution in [-0.4, -0.2) is 44.7 Å². The fourth-order valence-electron chi connectivity index (χ4n) is 8.84. The lowest BCUT2D eigenvalue weighted by molar-refractivity contribution is -0.121. The second kappa shape index (κ2) is 18.3. The van der Waals surface area contributed by atoms with E-state index in [4.69, 9.17) is 21.1 Å². The van der Waals surface area contributed by atoms with Crippen molar-refractivity contribution in [2.24, 2.45) is 0 Å². The minimum Gasteiger partial charge on any atom is -0.493 e. The maximum absolute atomic E-state index is 12.8. The number of amides is 1. The molecule has 272 valence electrons. The molecule has 1 fully saturated rings. The lowest BCUT2D eigenvalue weighted by Crippen LogP contribution is -2.51. The molecule has 0 aromatic heterocycles. The van der Waals surface area contributed by atoms with E-state index in [1.807, 2.05) is 24.3 Å². The van der Waals surface area contributed by atoms with Crippen LogP contribution in [0.5, 0.6) is 11.5 Å². The van der Waals surface area contributed by atoms with Crippen molar-refractivity contribution in [3.63, 3.8) is 0 Å². The first-order valence-electron chi connectivity index (χ1n) is 18.6. The first-order valence-corrected chi connectivity index (χ1v) is 19.0. The number of piperidine rings is 1. The molecule has 1 N–H and O–H groups in total. The molecule has 0 radical (unpaired) electrons. The third-order valence-corrected chi connectivity index (χ3v) is 11.6. The lowest BCUT2D eigenvalue weighted by atomic mass is 9.68. The van der Waals surface area contributed by atoms with Crippen molar-refractivity contribution in [2.45, 2.75) is 88.0 Å². The van der Waals surface area contributed by atoms with Crippen LogP contribution >= 0.6 is 24.0 Å². The van der Waals surface area contributed by atoms with E-state index in [9.17, 15) is 4.79 Å². The second-order valence-corrected chi connectivity index (χ2v) is 14.6. The third kappa shape index (κ3) is 8.93. The molecular weight excluding hydrogens is 675 g/mol. The Kier molecular flexibility index (Phi) is 13.9. The van der Waals surface area contributed by atoms with Crippen molar-refractivity contribution < 1.29 is 14.3 Å². The summed E-state index contributed by atoms with van der Waals surface area (Å²) in [7, 11) is 3.48. The van der Waals surface area contributed by atoms with Crippen LogP contribution in [0.15, 0.2) is 97.1 Å². The first kappa shape index (κ1) is 38.7. The summed E-state index contributed by atoms with van der Waals surface area (Å²) in [5.41, 5.74) is 6.60. The molecule has 6 rings (SSSR count). The molecule has 0 bridgehead atoms. The largest absolute Gasteiger partial charge is 0.493 e. The summed E-state index contributed by atoms with van der Waals surface area (Å²) in [5, 5.41) is 3.94. The third-order valence-electron chi connectivity index (χ3n) is 11.4. The number of methoxy groups -OCH3 is 2. The highest BCUT2D eigenvalue weighted by molar-refractivity contribution is 6.30. The fraction of sp³-hybridized carbons (Fsp3) is 0.432. The molecule has 1 spiro atoms. The number of fused-ring (bicyclic) bond motifs is 2. The standard InChI is InChI=1S/C44H53ClN2O3.ClH/c1-49-40-32-35-14-11-28-44(39(35)33-41(40)50-2)27-9-10-30-47(44)31-13-26-43(36-15-5-3-6-16-36,37-17-7-4-8-18-37)25-12-29-46-42(48)24-21-34-19-22-38(45)23-20-34;/h3-8,15-20,22-23,32-33H,9-14,21,24-31H2,1-2H3,(H,46,48);1H. The molecule has 51 heavy (non-hydrogen) atoms. The Hall–Kier alpha value is -3.51. The highest BCUT2D eigenvalue weighted by Crippen LogP contribution is 2.49. The lowest BCUT2D eigenvalue weighted by Gasteiger charge is -2.51. The molecule has 7 heteroatoms. The SMILES string of the molecule is COc1cc2c(cc1OC)C1(CCCCN1CCCC(CCCNC(=O)CCc1ccc(Cl)cc1)(c1ccccc1)c1ccccc1)CCC2.Cl. The van der Waals surface area contributed by atoms with Crippen LogP contribution in [0.2, 0.25) is 5.02 Å². The van der Waals surface area contributed by atoms with Crippen LogP contribution in [0.4, 0.5) is 0 Å². The average molecular weight is 730 g/mol. The van der Waals surface area contributed by atoms with E-state index < -0.39 is 0 Å². The van der Waals surface area contributed by atoms with Crippen LogP contribution in [0.25, 0.3) is 0 Å².